The average Bonchev–Trinajstić information content (AvgIpc) is 2.69. The average molecular weight is 502 g/mol. The van der Waals surface area contributed by atoms with E-state index < -0.39 is 0 Å². The van der Waals surface area contributed by atoms with Gasteiger partial charge in [0.15, 0.2) is 5.96 Å². The van der Waals surface area contributed by atoms with Crippen molar-refractivity contribution in [2.75, 3.05) is 33.3 Å². The summed E-state index contributed by atoms with van der Waals surface area (Å²) in [6.07, 6.45) is 2.50. The molecule has 1 fully saturated rings. The van der Waals surface area contributed by atoms with Gasteiger partial charge in [-0.1, -0.05) is 30.3 Å². The molecule has 1 atom stereocenters. The van der Waals surface area contributed by atoms with Crippen LogP contribution in [-0.4, -0.2) is 56.0 Å². The summed E-state index contributed by atoms with van der Waals surface area (Å²) in [5, 5.41) is 6.35. The van der Waals surface area contributed by atoms with E-state index in [9.17, 15) is 9.59 Å². The van der Waals surface area contributed by atoms with Crippen molar-refractivity contribution in [2.24, 2.45) is 4.99 Å². The van der Waals surface area contributed by atoms with Crippen LogP contribution in [0.1, 0.15) is 44.3 Å². The molecule has 1 aliphatic heterocycles. The smallest absolute Gasteiger partial charge is 0.229 e. The molecule has 0 bridgehead atoms. The van der Waals surface area contributed by atoms with E-state index >= 15 is 0 Å². The number of hydrogen-bond donors (Lipinski definition) is 2. The fourth-order valence-corrected chi connectivity index (χ4v) is 2.92. The Morgan fingerprint density at radius 1 is 1.14 bits per heavy atom. The number of guanidine groups is 1. The molecule has 0 radical (unpaired) electrons. The molecule has 0 spiro atoms. The number of hydrogen-bond acceptors (Lipinski definition) is 4. The molecule has 28 heavy (non-hydrogen) atoms. The van der Waals surface area contributed by atoms with Crippen molar-refractivity contribution in [3.63, 3.8) is 0 Å². The Balaban J connectivity index is 0.00000392. The van der Waals surface area contributed by atoms with E-state index in [0.29, 0.717) is 44.9 Å². The third kappa shape index (κ3) is 8.14. The second kappa shape index (κ2) is 13.5. The topological polar surface area (TPSA) is 83.0 Å². The molecule has 8 heteroatoms. The number of halogens is 1. The van der Waals surface area contributed by atoms with Crippen LogP contribution >= 0.6 is 24.0 Å². The quantitative estimate of drug-likeness (QED) is 0.178. The standard InChI is InChI=1S/C20H30N4O3.HI/c1-16(17-8-4-3-5-9-17)27-15-7-12-22-20(21-2)23-13-14-24-18(25)10-6-11-19(24)26;/h3-5,8-9,16H,6-7,10-15H2,1-2H3,(H2,21,22,23);1H. The van der Waals surface area contributed by atoms with Gasteiger partial charge in [0.1, 0.15) is 0 Å². The van der Waals surface area contributed by atoms with Gasteiger partial charge in [0.25, 0.3) is 0 Å². The highest BCUT2D eigenvalue weighted by Crippen LogP contribution is 2.15. The van der Waals surface area contributed by atoms with Crippen molar-refractivity contribution < 1.29 is 14.3 Å². The molecule has 1 heterocycles. The number of ether oxygens (including phenoxy) is 1. The van der Waals surface area contributed by atoms with E-state index in [1.165, 1.54) is 10.5 Å². The fraction of sp³-hybridized carbons (Fsp3) is 0.550. The summed E-state index contributed by atoms with van der Waals surface area (Å²) in [5.74, 6) is 0.490. The second-order valence-electron chi connectivity index (χ2n) is 6.50. The zero-order valence-electron chi connectivity index (χ0n) is 16.6. The zero-order valence-corrected chi connectivity index (χ0v) is 19.0. The molecule has 0 aromatic heterocycles. The Labute approximate surface area is 184 Å². The minimum atomic E-state index is -0.0827. The minimum absolute atomic E-state index is 0. The highest BCUT2D eigenvalue weighted by atomic mass is 127. The Morgan fingerprint density at radius 3 is 2.43 bits per heavy atom. The first kappa shape index (κ1) is 24.4. The summed E-state index contributed by atoms with van der Waals surface area (Å²) in [6.45, 7) is 4.28. The van der Waals surface area contributed by atoms with Gasteiger partial charge >= 0.3 is 0 Å². The molecule has 0 saturated carbocycles. The Kier molecular flexibility index (Phi) is 11.7. The van der Waals surface area contributed by atoms with Crippen molar-refractivity contribution in [3.8, 4) is 0 Å². The number of nitrogens with one attached hydrogen (secondary N) is 2. The molecule has 1 aromatic carbocycles. The Bertz CT molecular complexity index is 624. The number of aliphatic imine (C=N–C) groups is 1. The van der Waals surface area contributed by atoms with Crippen LogP contribution < -0.4 is 10.6 Å². The number of likely N-dealkylation sites (tertiary alicyclic amines) is 1. The third-order valence-corrected chi connectivity index (χ3v) is 4.49. The number of nitrogens with zero attached hydrogens (tertiary/aromatic N) is 2. The van der Waals surface area contributed by atoms with Crippen LogP contribution in [0.15, 0.2) is 35.3 Å². The van der Waals surface area contributed by atoms with E-state index in [4.69, 9.17) is 4.74 Å². The lowest BCUT2D eigenvalue weighted by Crippen LogP contribution is -2.46. The maximum absolute atomic E-state index is 11.8. The maximum atomic E-state index is 11.8. The van der Waals surface area contributed by atoms with Gasteiger partial charge in [-0.05, 0) is 25.3 Å². The summed E-state index contributed by atoms with van der Waals surface area (Å²) in [6, 6.07) is 10.1. The normalized spacial score (nSPS) is 15.8. The predicted octanol–water partition coefficient (Wildman–Crippen LogP) is 2.48. The van der Waals surface area contributed by atoms with Gasteiger partial charge in [-0.3, -0.25) is 19.5 Å². The first-order valence-corrected chi connectivity index (χ1v) is 9.56. The van der Waals surface area contributed by atoms with E-state index in [-0.39, 0.29) is 41.9 Å². The number of imide groups is 1. The lowest BCUT2D eigenvalue weighted by Gasteiger charge is -2.25. The molecule has 1 saturated heterocycles. The van der Waals surface area contributed by atoms with Gasteiger partial charge < -0.3 is 15.4 Å². The van der Waals surface area contributed by atoms with E-state index in [1.807, 2.05) is 25.1 Å². The van der Waals surface area contributed by atoms with Crippen molar-refractivity contribution >= 4 is 41.8 Å². The molecule has 2 rings (SSSR count). The van der Waals surface area contributed by atoms with Crippen molar-refractivity contribution in [1.82, 2.24) is 15.5 Å². The maximum Gasteiger partial charge on any atom is 0.229 e. The SMILES string of the molecule is CN=C(NCCCOC(C)c1ccccc1)NCCN1C(=O)CCCC1=O.I. The van der Waals surface area contributed by atoms with Crippen LogP contribution in [0.2, 0.25) is 0 Å². The molecule has 2 amide bonds. The van der Waals surface area contributed by atoms with Crippen LogP contribution in [0.5, 0.6) is 0 Å². The second-order valence-corrected chi connectivity index (χ2v) is 6.50. The van der Waals surface area contributed by atoms with Crippen molar-refractivity contribution in [3.05, 3.63) is 35.9 Å². The monoisotopic (exact) mass is 502 g/mol. The van der Waals surface area contributed by atoms with Crippen molar-refractivity contribution in [1.29, 1.82) is 0 Å². The number of benzene rings is 1. The van der Waals surface area contributed by atoms with Crippen LogP contribution in [0.25, 0.3) is 0 Å². The molecule has 2 N–H and O–H groups in total. The van der Waals surface area contributed by atoms with Gasteiger partial charge in [-0.25, -0.2) is 0 Å². The molecule has 1 unspecified atom stereocenters. The van der Waals surface area contributed by atoms with Crippen molar-refractivity contribution in [2.45, 2.75) is 38.7 Å². The minimum Gasteiger partial charge on any atom is -0.374 e. The molecular weight excluding hydrogens is 471 g/mol. The molecular formula is C20H31IN4O3. The first-order chi connectivity index (χ1) is 13.1. The predicted molar refractivity (Wildman–Crippen MR) is 121 cm³/mol. The Morgan fingerprint density at radius 2 is 1.79 bits per heavy atom. The summed E-state index contributed by atoms with van der Waals surface area (Å²) < 4.78 is 5.85. The largest absolute Gasteiger partial charge is 0.374 e. The van der Waals surface area contributed by atoms with Gasteiger partial charge in [0.05, 0.1) is 6.10 Å². The number of carbonyl (C=O) groups is 2. The van der Waals surface area contributed by atoms with E-state index in [1.54, 1.807) is 7.05 Å². The number of rotatable bonds is 9. The van der Waals surface area contributed by atoms with Crippen LogP contribution in [0.3, 0.4) is 0 Å². The highest BCUT2D eigenvalue weighted by molar-refractivity contribution is 14.0. The Hall–Kier alpha value is -1.68. The first-order valence-electron chi connectivity index (χ1n) is 9.56. The number of carbonyl (C=O) groups excluding carboxylic acids is 2. The molecule has 1 aliphatic rings. The van der Waals surface area contributed by atoms with Gasteiger partial charge in [0, 0.05) is 46.1 Å². The lowest BCUT2D eigenvalue weighted by molar-refractivity contribution is -0.147. The van der Waals surface area contributed by atoms with E-state index in [0.717, 1.165) is 13.0 Å². The van der Waals surface area contributed by atoms with Gasteiger partial charge in [-0.2, -0.15) is 0 Å². The summed E-state index contributed by atoms with van der Waals surface area (Å²) >= 11 is 0. The van der Waals surface area contributed by atoms with Crippen LogP contribution in [0.4, 0.5) is 0 Å². The number of piperidine rings is 1. The van der Waals surface area contributed by atoms with Gasteiger partial charge in [-0.15, -0.1) is 24.0 Å². The summed E-state index contributed by atoms with van der Waals surface area (Å²) in [7, 11) is 1.69. The lowest BCUT2D eigenvalue weighted by atomic mass is 10.1. The summed E-state index contributed by atoms with van der Waals surface area (Å²) in [4.78, 5) is 29.0. The third-order valence-electron chi connectivity index (χ3n) is 4.49. The van der Waals surface area contributed by atoms with Crippen LogP contribution in [-0.2, 0) is 14.3 Å². The van der Waals surface area contributed by atoms with E-state index in [2.05, 4.69) is 27.8 Å². The molecule has 1 aromatic rings. The summed E-state index contributed by atoms with van der Waals surface area (Å²) in [5.41, 5.74) is 1.17. The van der Waals surface area contributed by atoms with Crippen LogP contribution in [0, 0.1) is 0 Å². The zero-order chi connectivity index (χ0) is 19.5. The highest BCUT2D eigenvalue weighted by Gasteiger charge is 2.25. The molecule has 0 aliphatic carbocycles. The molecule has 7 nitrogen and oxygen atoms in total. The van der Waals surface area contributed by atoms with Gasteiger partial charge in [0.2, 0.25) is 11.8 Å². The fourth-order valence-electron chi connectivity index (χ4n) is 2.92. The number of amides is 2. The molecule has 156 valence electrons.